The Kier molecular flexibility index (Phi) is 6.16. The monoisotopic (exact) mass is 273 g/mol. The van der Waals surface area contributed by atoms with Gasteiger partial charge in [-0.1, -0.05) is 12.1 Å². The van der Waals surface area contributed by atoms with Gasteiger partial charge < -0.3 is 9.47 Å². The first kappa shape index (κ1) is 15.3. The molecule has 0 atom stereocenters. The van der Waals surface area contributed by atoms with Gasteiger partial charge in [-0.15, -0.1) is 0 Å². The maximum absolute atomic E-state index is 11.8. The summed E-state index contributed by atoms with van der Waals surface area (Å²) < 4.78 is 45.5. The molecule has 0 amide bonds. The average molecular weight is 273 g/mol. The standard InChI is InChI=1S/C13H14F3NO2/c14-13(15,16)6-8-18-9-10-19-12-3-1-11(2-4-12)5-7-17/h1-4H,5-6,8-10H2. The van der Waals surface area contributed by atoms with Gasteiger partial charge in [-0.3, -0.25) is 0 Å². The summed E-state index contributed by atoms with van der Waals surface area (Å²) >= 11 is 0. The van der Waals surface area contributed by atoms with Crippen molar-refractivity contribution in [3.8, 4) is 11.8 Å². The van der Waals surface area contributed by atoms with E-state index in [0.717, 1.165) is 5.56 Å². The first-order valence-electron chi connectivity index (χ1n) is 5.74. The highest BCUT2D eigenvalue weighted by atomic mass is 19.4. The largest absolute Gasteiger partial charge is 0.491 e. The summed E-state index contributed by atoms with van der Waals surface area (Å²) in [5.74, 6) is 0.598. The van der Waals surface area contributed by atoms with Crippen molar-refractivity contribution in [2.75, 3.05) is 19.8 Å². The van der Waals surface area contributed by atoms with Gasteiger partial charge in [-0.25, -0.2) is 0 Å². The van der Waals surface area contributed by atoms with Gasteiger partial charge in [0.1, 0.15) is 12.4 Å². The van der Waals surface area contributed by atoms with Crippen molar-refractivity contribution >= 4 is 0 Å². The Balaban J connectivity index is 2.14. The van der Waals surface area contributed by atoms with E-state index >= 15 is 0 Å². The third kappa shape index (κ3) is 7.32. The molecular weight excluding hydrogens is 259 g/mol. The van der Waals surface area contributed by atoms with Crippen LogP contribution < -0.4 is 4.74 Å². The lowest BCUT2D eigenvalue weighted by Gasteiger charge is -2.08. The Morgan fingerprint density at radius 3 is 2.32 bits per heavy atom. The Labute approximate surface area is 109 Å². The molecule has 0 N–H and O–H groups in total. The van der Waals surface area contributed by atoms with E-state index in [2.05, 4.69) is 0 Å². The number of alkyl halides is 3. The summed E-state index contributed by atoms with van der Waals surface area (Å²) in [4.78, 5) is 0. The molecule has 6 heteroatoms. The molecule has 0 unspecified atom stereocenters. The minimum absolute atomic E-state index is 0.107. The van der Waals surface area contributed by atoms with Crippen molar-refractivity contribution in [1.82, 2.24) is 0 Å². The number of ether oxygens (including phenoxy) is 2. The fourth-order valence-electron chi connectivity index (χ4n) is 1.30. The van der Waals surface area contributed by atoms with Gasteiger partial charge in [0.2, 0.25) is 0 Å². The van der Waals surface area contributed by atoms with Crippen molar-refractivity contribution < 1.29 is 22.6 Å². The quantitative estimate of drug-likeness (QED) is 0.717. The Morgan fingerprint density at radius 2 is 1.74 bits per heavy atom. The lowest BCUT2D eigenvalue weighted by Crippen LogP contribution is -2.14. The zero-order valence-electron chi connectivity index (χ0n) is 10.2. The third-order valence-corrected chi connectivity index (χ3v) is 2.23. The van der Waals surface area contributed by atoms with Crippen LogP contribution in [-0.2, 0) is 11.2 Å². The van der Waals surface area contributed by atoms with Crippen LogP contribution in [0.5, 0.6) is 5.75 Å². The zero-order chi connectivity index (χ0) is 14.1. The average Bonchev–Trinajstić information content (AvgIpc) is 2.35. The van der Waals surface area contributed by atoms with E-state index in [4.69, 9.17) is 14.7 Å². The molecule has 0 saturated carbocycles. The van der Waals surface area contributed by atoms with E-state index in [0.29, 0.717) is 12.2 Å². The molecule has 0 aliphatic carbocycles. The summed E-state index contributed by atoms with van der Waals surface area (Å²) in [5.41, 5.74) is 0.885. The van der Waals surface area contributed by atoms with Crippen LogP contribution in [0.25, 0.3) is 0 Å². The van der Waals surface area contributed by atoms with Gasteiger partial charge in [0, 0.05) is 0 Å². The van der Waals surface area contributed by atoms with E-state index in [9.17, 15) is 13.2 Å². The number of nitriles is 1. The number of benzene rings is 1. The maximum Gasteiger partial charge on any atom is 0.391 e. The van der Waals surface area contributed by atoms with Crippen LogP contribution in [0.2, 0.25) is 0 Å². The van der Waals surface area contributed by atoms with E-state index in [1.807, 2.05) is 6.07 Å². The summed E-state index contributed by atoms with van der Waals surface area (Å²) in [6.45, 7) is -0.0561. The Morgan fingerprint density at radius 1 is 1.05 bits per heavy atom. The molecule has 0 aromatic heterocycles. The second kappa shape index (κ2) is 7.64. The minimum Gasteiger partial charge on any atom is -0.491 e. The molecule has 3 nitrogen and oxygen atoms in total. The minimum atomic E-state index is -4.18. The van der Waals surface area contributed by atoms with Gasteiger partial charge in [0.05, 0.1) is 32.1 Å². The molecule has 1 aromatic rings. The molecule has 0 saturated heterocycles. The van der Waals surface area contributed by atoms with Crippen LogP contribution >= 0.6 is 0 Å². The molecule has 0 aliphatic heterocycles. The van der Waals surface area contributed by atoms with Crippen molar-refractivity contribution in [2.45, 2.75) is 19.0 Å². The van der Waals surface area contributed by atoms with Gasteiger partial charge in [-0.2, -0.15) is 18.4 Å². The zero-order valence-corrected chi connectivity index (χ0v) is 10.2. The van der Waals surface area contributed by atoms with Crippen molar-refractivity contribution in [2.24, 2.45) is 0 Å². The number of halogens is 3. The highest BCUT2D eigenvalue weighted by molar-refractivity contribution is 5.28. The van der Waals surface area contributed by atoms with Crippen LogP contribution in [0.3, 0.4) is 0 Å². The van der Waals surface area contributed by atoms with Crippen LogP contribution in [0.4, 0.5) is 13.2 Å². The predicted octanol–water partition coefficient (Wildman–Crippen LogP) is 3.10. The van der Waals surface area contributed by atoms with Gasteiger partial charge in [-0.05, 0) is 17.7 Å². The number of nitrogens with zero attached hydrogens (tertiary/aromatic N) is 1. The van der Waals surface area contributed by atoms with Crippen LogP contribution in [0.1, 0.15) is 12.0 Å². The lowest BCUT2D eigenvalue weighted by molar-refractivity contribution is -0.145. The maximum atomic E-state index is 11.8. The topological polar surface area (TPSA) is 42.2 Å². The van der Waals surface area contributed by atoms with Crippen molar-refractivity contribution in [1.29, 1.82) is 5.26 Å². The second-order valence-corrected chi connectivity index (χ2v) is 3.80. The molecule has 0 radical (unpaired) electrons. The summed E-state index contributed by atoms with van der Waals surface area (Å²) in [5, 5.41) is 8.49. The fourth-order valence-corrected chi connectivity index (χ4v) is 1.30. The number of rotatable bonds is 7. The van der Waals surface area contributed by atoms with Crippen LogP contribution in [0.15, 0.2) is 24.3 Å². The Bertz CT molecular complexity index is 409. The normalized spacial score (nSPS) is 11.1. The summed E-state index contributed by atoms with van der Waals surface area (Å²) in [7, 11) is 0. The van der Waals surface area contributed by atoms with Crippen molar-refractivity contribution in [3.63, 3.8) is 0 Å². The summed E-state index contributed by atoms with van der Waals surface area (Å²) in [6.07, 6.45) is -4.80. The fraction of sp³-hybridized carbons (Fsp3) is 0.462. The number of hydrogen-bond donors (Lipinski definition) is 0. The molecule has 0 spiro atoms. The predicted molar refractivity (Wildman–Crippen MR) is 62.7 cm³/mol. The third-order valence-electron chi connectivity index (χ3n) is 2.23. The molecule has 0 fully saturated rings. The molecule has 0 bridgehead atoms. The van der Waals surface area contributed by atoms with E-state index < -0.39 is 12.6 Å². The molecule has 0 heterocycles. The molecule has 0 aliphatic rings. The molecule has 1 aromatic carbocycles. The van der Waals surface area contributed by atoms with Gasteiger partial charge in [0.25, 0.3) is 0 Å². The van der Waals surface area contributed by atoms with Gasteiger partial charge >= 0.3 is 6.18 Å². The highest BCUT2D eigenvalue weighted by Crippen LogP contribution is 2.19. The Hall–Kier alpha value is -1.74. The number of hydrogen-bond acceptors (Lipinski definition) is 3. The van der Waals surface area contributed by atoms with E-state index in [1.54, 1.807) is 24.3 Å². The van der Waals surface area contributed by atoms with Crippen LogP contribution in [0, 0.1) is 11.3 Å². The highest BCUT2D eigenvalue weighted by Gasteiger charge is 2.26. The smallest absolute Gasteiger partial charge is 0.391 e. The van der Waals surface area contributed by atoms with Crippen LogP contribution in [-0.4, -0.2) is 26.0 Å². The van der Waals surface area contributed by atoms with Gasteiger partial charge in [0.15, 0.2) is 0 Å². The second-order valence-electron chi connectivity index (χ2n) is 3.80. The molecule has 104 valence electrons. The molecule has 1 rings (SSSR count). The van der Waals surface area contributed by atoms with E-state index in [1.165, 1.54) is 0 Å². The van der Waals surface area contributed by atoms with Crippen molar-refractivity contribution in [3.05, 3.63) is 29.8 Å². The molecular formula is C13H14F3NO2. The van der Waals surface area contributed by atoms with E-state index in [-0.39, 0.29) is 19.8 Å². The first-order chi connectivity index (χ1) is 9.01. The SMILES string of the molecule is N#CCc1ccc(OCCOCCC(F)(F)F)cc1. The molecule has 19 heavy (non-hydrogen) atoms. The summed E-state index contributed by atoms with van der Waals surface area (Å²) in [6, 6.07) is 8.98. The lowest BCUT2D eigenvalue weighted by atomic mass is 10.2. The first-order valence-corrected chi connectivity index (χ1v) is 5.74.